The molecule has 2 aromatic carbocycles. The number of allylic oxidation sites excluding steroid dienone is 1. The molecule has 2 N–H and O–H groups in total. The third kappa shape index (κ3) is 4.28. The number of likely N-dealkylation sites (tertiary alicyclic amines) is 1. The standard InChI is InChI=1S/C26H28ClN5O2/c1-3-17-10-8-9-15-32(17)24(33)22-16(2)28-25(30-23(22)18-11-4-5-12-19(18)27)31-26-29-20-13-6-7-14-21(20)34-26/h4-7,11-14,17,23H,3,8-10,15H2,1-2H3,(H2,28,29,30,31). The molecule has 0 bridgehead atoms. The average Bonchev–Trinajstić information content (AvgIpc) is 3.26. The molecule has 2 aliphatic heterocycles. The molecule has 8 heteroatoms. The predicted octanol–water partition coefficient (Wildman–Crippen LogP) is 5.66. The Hall–Kier alpha value is -3.32. The number of anilines is 1. The molecule has 0 aliphatic carbocycles. The van der Waals surface area contributed by atoms with Crippen LogP contribution in [-0.4, -0.2) is 34.3 Å². The Bertz CT molecular complexity index is 1250. The molecule has 7 nitrogen and oxygen atoms in total. The van der Waals surface area contributed by atoms with Crippen LogP contribution in [-0.2, 0) is 4.79 Å². The van der Waals surface area contributed by atoms with Gasteiger partial charge in [0.15, 0.2) is 5.58 Å². The van der Waals surface area contributed by atoms with Gasteiger partial charge in [-0.1, -0.05) is 48.9 Å². The third-order valence-corrected chi connectivity index (χ3v) is 6.89. The number of benzene rings is 2. The summed E-state index contributed by atoms with van der Waals surface area (Å²) in [6, 6.07) is 15.1. The number of para-hydroxylation sites is 2. The van der Waals surface area contributed by atoms with Gasteiger partial charge in [-0.25, -0.2) is 4.99 Å². The number of aliphatic imine (C=N–C) groups is 1. The van der Waals surface area contributed by atoms with Crippen molar-refractivity contribution in [3.05, 3.63) is 70.4 Å². The van der Waals surface area contributed by atoms with E-state index in [0.717, 1.165) is 49.0 Å². The van der Waals surface area contributed by atoms with Crippen molar-refractivity contribution in [3.63, 3.8) is 0 Å². The van der Waals surface area contributed by atoms with Gasteiger partial charge in [-0.15, -0.1) is 0 Å². The van der Waals surface area contributed by atoms with E-state index in [0.29, 0.717) is 28.2 Å². The summed E-state index contributed by atoms with van der Waals surface area (Å²) in [4.78, 5) is 25.3. The molecule has 1 saturated heterocycles. The zero-order valence-corrected chi connectivity index (χ0v) is 20.1. The number of guanidine groups is 1. The highest BCUT2D eigenvalue weighted by molar-refractivity contribution is 6.31. The van der Waals surface area contributed by atoms with E-state index in [4.69, 9.17) is 21.0 Å². The Kier molecular flexibility index (Phi) is 6.28. The smallest absolute Gasteiger partial charge is 0.302 e. The van der Waals surface area contributed by atoms with Gasteiger partial charge < -0.3 is 14.6 Å². The second-order valence-corrected chi connectivity index (χ2v) is 9.14. The maximum Gasteiger partial charge on any atom is 0.302 e. The summed E-state index contributed by atoms with van der Waals surface area (Å²) in [7, 11) is 0. The van der Waals surface area contributed by atoms with Gasteiger partial charge in [-0.3, -0.25) is 10.1 Å². The number of hydrogen-bond acceptors (Lipinski definition) is 6. The summed E-state index contributed by atoms with van der Waals surface area (Å²) in [5.74, 6) is 0.474. The van der Waals surface area contributed by atoms with Gasteiger partial charge in [0.05, 0.1) is 5.57 Å². The normalized spacial score (nSPS) is 20.8. The summed E-state index contributed by atoms with van der Waals surface area (Å²) in [6.07, 6.45) is 4.15. The van der Waals surface area contributed by atoms with Crippen molar-refractivity contribution < 1.29 is 9.21 Å². The Labute approximate surface area is 203 Å². The molecule has 3 aromatic rings. The molecule has 2 atom stereocenters. The van der Waals surface area contributed by atoms with Gasteiger partial charge >= 0.3 is 6.01 Å². The van der Waals surface area contributed by atoms with Gasteiger partial charge in [0, 0.05) is 28.9 Å². The summed E-state index contributed by atoms with van der Waals surface area (Å²) < 4.78 is 5.81. The highest BCUT2D eigenvalue weighted by atomic mass is 35.5. The summed E-state index contributed by atoms with van der Waals surface area (Å²) in [6.45, 7) is 4.81. The first-order chi connectivity index (χ1) is 16.5. The maximum absolute atomic E-state index is 13.9. The van der Waals surface area contributed by atoms with Crippen molar-refractivity contribution in [1.29, 1.82) is 0 Å². The number of carbonyl (C=O) groups excluding carboxylic acids is 1. The summed E-state index contributed by atoms with van der Waals surface area (Å²) >= 11 is 6.59. The number of nitrogens with zero attached hydrogens (tertiary/aromatic N) is 3. The lowest BCUT2D eigenvalue weighted by Gasteiger charge is -2.38. The van der Waals surface area contributed by atoms with Gasteiger partial charge in [0.2, 0.25) is 5.96 Å². The number of nitrogens with one attached hydrogen (secondary N) is 2. The molecule has 0 saturated carbocycles. The van der Waals surface area contributed by atoms with E-state index in [1.54, 1.807) is 0 Å². The first-order valence-corrected chi connectivity index (χ1v) is 12.2. The van der Waals surface area contributed by atoms with Crippen molar-refractivity contribution in [2.75, 3.05) is 11.9 Å². The number of piperidine rings is 1. The Balaban J connectivity index is 1.51. The molecule has 3 heterocycles. The van der Waals surface area contributed by atoms with Crippen LogP contribution in [0.4, 0.5) is 6.01 Å². The van der Waals surface area contributed by atoms with Crippen LogP contribution in [0, 0.1) is 0 Å². The highest BCUT2D eigenvalue weighted by Crippen LogP contribution is 2.37. The second kappa shape index (κ2) is 9.50. The van der Waals surface area contributed by atoms with E-state index >= 15 is 0 Å². The van der Waals surface area contributed by atoms with E-state index in [-0.39, 0.29) is 11.9 Å². The van der Waals surface area contributed by atoms with Crippen molar-refractivity contribution in [1.82, 2.24) is 15.2 Å². The van der Waals surface area contributed by atoms with Gasteiger partial charge in [-0.05, 0) is 50.8 Å². The SMILES string of the molecule is CCC1CCCCN1C(=O)C1=C(C)NC(Nc2nc3ccccc3o2)=NC1c1ccccc1Cl. The molecule has 34 heavy (non-hydrogen) atoms. The Morgan fingerprint density at radius 2 is 2.00 bits per heavy atom. The number of rotatable bonds is 4. The number of carbonyl (C=O) groups is 1. The fourth-order valence-electron chi connectivity index (χ4n) is 4.81. The van der Waals surface area contributed by atoms with Crippen LogP contribution >= 0.6 is 11.6 Å². The second-order valence-electron chi connectivity index (χ2n) is 8.73. The van der Waals surface area contributed by atoms with Crippen LogP contribution in [0.25, 0.3) is 11.1 Å². The molecule has 0 spiro atoms. The third-order valence-electron chi connectivity index (χ3n) is 6.55. The maximum atomic E-state index is 13.9. The van der Waals surface area contributed by atoms with Crippen molar-refractivity contribution in [2.24, 2.45) is 4.99 Å². The van der Waals surface area contributed by atoms with Crippen molar-refractivity contribution >= 4 is 40.6 Å². The number of hydrogen-bond donors (Lipinski definition) is 2. The Morgan fingerprint density at radius 3 is 2.79 bits per heavy atom. The lowest BCUT2D eigenvalue weighted by molar-refractivity contribution is -0.131. The lowest BCUT2D eigenvalue weighted by atomic mass is 9.92. The van der Waals surface area contributed by atoms with Crippen LogP contribution in [0.5, 0.6) is 0 Å². The van der Waals surface area contributed by atoms with E-state index in [2.05, 4.69) is 22.5 Å². The molecule has 0 radical (unpaired) electrons. The van der Waals surface area contributed by atoms with Crippen LogP contribution < -0.4 is 10.6 Å². The fourth-order valence-corrected chi connectivity index (χ4v) is 5.05. The number of halogens is 1. The molecule has 1 aromatic heterocycles. The first kappa shape index (κ1) is 22.5. The van der Waals surface area contributed by atoms with Crippen LogP contribution in [0.1, 0.15) is 51.1 Å². The van der Waals surface area contributed by atoms with Crippen molar-refractivity contribution in [2.45, 2.75) is 51.6 Å². The molecular weight excluding hydrogens is 450 g/mol. The zero-order valence-electron chi connectivity index (χ0n) is 19.3. The molecule has 2 unspecified atom stereocenters. The molecule has 2 aliphatic rings. The molecular formula is C26H28ClN5O2. The van der Waals surface area contributed by atoms with Crippen LogP contribution in [0.3, 0.4) is 0 Å². The number of fused-ring (bicyclic) bond motifs is 1. The van der Waals surface area contributed by atoms with Crippen LogP contribution in [0.2, 0.25) is 5.02 Å². The Morgan fingerprint density at radius 1 is 1.21 bits per heavy atom. The van der Waals surface area contributed by atoms with Gasteiger partial charge in [0.1, 0.15) is 11.6 Å². The molecule has 1 fully saturated rings. The summed E-state index contributed by atoms with van der Waals surface area (Å²) in [5, 5.41) is 6.97. The number of aromatic nitrogens is 1. The average molecular weight is 478 g/mol. The van der Waals surface area contributed by atoms with E-state index in [1.165, 1.54) is 0 Å². The van der Waals surface area contributed by atoms with E-state index in [1.807, 2.05) is 60.4 Å². The van der Waals surface area contributed by atoms with Crippen LogP contribution in [0.15, 0.2) is 69.2 Å². The highest BCUT2D eigenvalue weighted by Gasteiger charge is 2.36. The van der Waals surface area contributed by atoms with E-state index < -0.39 is 6.04 Å². The minimum absolute atomic E-state index is 0.0196. The first-order valence-electron chi connectivity index (χ1n) is 11.8. The minimum Gasteiger partial charge on any atom is -0.423 e. The number of amides is 1. The monoisotopic (exact) mass is 477 g/mol. The van der Waals surface area contributed by atoms with Gasteiger partial charge in [0.25, 0.3) is 5.91 Å². The molecule has 5 rings (SSSR count). The predicted molar refractivity (Wildman–Crippen MR) is 135 cm³/mol. The molecule has 1 amide bonds. The van der Waals surface area contributed by atoms with Crippen molar-refractivity contribution in [3.8, 4) is 0 Å². The minimum atomic E-state index is -0.547. The fraction of sp³-hybridized carbons (Fsp3) is 0.346. The number of oxazole rings is 1. The lowest BCUT2D eigenvalue weighted by Crippen LogP contribution is -2.47. The summed E-state index contributed by atoms with van der Waals surface area (Å²) in [5.41, 5.74) is 3.58. The largest absolute Gasteiger partial charge is 0.423 e. The topological polar surface area (TPSA) is 82.8 Å². The van der Waals surface area contributed by atoms with Gasteiger partial charge in [-0.2, -0.15) is 4.98 Å². The van der Waals surface area contributed by atoms with E-state index in [9.17, 15) is 4.79 Å². The quantitative estimate of drug-likeness (QED) is 0.506. The zero-order chi connectivity index (χ0) is 23.7. The molecule has 176 valence electrons.